The predicted molar refractivity (Wildman–Crippen MR) is 90.0 cm³/mol. The highest BCUT2D eigenvalue weighted by atomic mass is 16.1. The number of nitrogens with one attached hydrogen (secondary N) is 2. The number of aromatic nitrogens is 4. The Morgan fingerprint density at radius 1 is 1.29 bits per heavy atom. The van der Waals surface area contributed by atoms with Gasteiger partial charge in [0.05, 0.1) is 6.33 Å². The Morgan fingerprint density at radius 3 is 2.96 bits per heavy atom. The van der Waals surface area contributed by atoms with E-state index in [1.807, 2.05) is 16.8 Å². The first-order valence-corrected chi connectivity index (χ1v) is 7.41. The summed E-state index contributed by atoms with van der Waals surface area (Å²) in [5, 5.41) is 2.82. The number of aliphatic imine (C=N–C) groups is 1. The van der Waals surface area contributed by atoms with Crippen molar-refractivity contribution in [1.29, 1.82) is 0 Å². The third kappa shape index (κ3) is 3.86. The van der Waals surface area contributed by atoms with Crippen molar-refractivity contribution in [3.8, 4) is 0 Å². The molecule has 8 nitrogen and oxygen atoms in total. The first-order chi connectivity index (χ1) is 11.7. The van der Waals surface area contributed by atoms with E-state index in [9.17, 15) is 4.79 Å². The second-order valence-corrected chi connectivity index (χ2v) is 5.03. The maximum atomic E-state index is 12.1. The Hall–Kier alpha value is -3.42. The summed E-state index contributed by atoms with van der Waals surface area (Å²) in [6.45, 7) is 1.16. The van der Waals surface area contributed by atoms with Gasteiger partial charge in [-0.05, 0) is 24.3 Å². The van der Waals surface area contributed by atoms with Crippen molar-refractivity contribution < 1.29 is 4.79 Å². The molecule has 122 valence electrons. The van der Waals surface area contributed by atoms with Crippen molar-refractivity contribution in [2.75, 3.05) is 6.54 Å². The predicted octanol–water partition coefficient (Wildman–Crippen LogP) is 1.07. The maximum Gasteiger partial charge on any atom is 0.267 e. The minimum Gasteiger partial charge on any atom is -0.382 e. The third-order valence-electron chi connectivity index (χ3n) is 3.30. The standard InChI is InChI=1S/C16H17N7O/c17-15(12-3-1-2-6-19-12)22-14-5-4-13(21-14)16(24)20-8-10-23-9-7-18-11-23/h1-7,9,11,21H,8,10H2,(H2,17,22)(H,20,24). The Bertz CT molecular complexity index is 821. The van der Waals surface area contributed by atoms with Crippen LogP contribution in [0, 0.1) is 0 Å². The molecule has 0 radical (unpaired) electrons. The first-order valence-electron chi connectivity index (χ1n) is 7.41. The van der Waals surface area contributed by atoms with Crippen LogP contribution in [0.5, 0.6) is 0 Å². The van der Waals surface area contributed by atoms with Crippen LogP contribution < -0.4 is 11.1 Å². The fraction of sp³-hybridized carbons (Fsp3) is 0.125. The van der Waals surface area contributed by atoms with E-state index in [-0.39, 0.29) is 11.7 Å². The molecule has 0 aromatic carbocycles. The van der Waals surface area contributed by atoms with Gasteiger partial charge in [0.25, 0.3) is 5.91 Å². The van der Waals surface area contributed by atoms with Crippen molar-refractivity contribution in [3.05, 3.63) is 66.6 Å². The molecule has 3 aromatic heterocycles. The summed E-state index contributed by atoms with van der Waals surface area (Å²) < 4.78 is 1.89. The molecule has 0 spiro atoms. The number of imidazole rings is 1. The number of nitrogens with two attached hydrogens (primary N) is 1. The van der Waals surface area contributed by atoms with Crippen LogP contribution >= 0.6 is 0 Å². The van der Waals surface area contributed by atoms with Gasteiger partial charge in [-0.1, -0.05) is 6.07 Å². The van der Waals surface area contributed by atoms with Crippen LogP contribution in [-0.2, 0) is 6.54 Å². The molecule has 4 N–H and O–H groups in total. The lowest BCUT2D eigenvalue weighted by molar-refractivity contribution is 0.0948. The van der Waals surface area contributed by atoms with Crippen molar-refractivity contribution in [1.82, 2.24) is 24.8 Å². The van der Waals surface area contributed by atoms with Gasteiger partial charge in [0, 0.05) is 31.7 Å². The molecule has 0 aliphatic heterocycles. The zero-order chi connectivity index (χ0) is 16.8. The third-order valence-corrected chi connectivity index (χ3v) is 3.30. The molecule has 0 fully saturated rings. The highest BCUT2D eigenvalue weighted by Crippen LogP contribution is 2.12. The first kappa shape index (κ1) is 15.5. The van der Waals surface area contributed by atoms with Crippen LogP contribution in [0.4, 0.5) is 5.82 Å². The lowest BCUT2D eigenvalue weighted by Crippen LogP contribution is -2.27. The van der Waals surface area contributed by atoms with E-state index in [0.717, 1.165) is 0 Å². The molecule has 1 amide bonds. The summed E-state index contributed by atoms with van der Waals surface area (Å²) >= 11 is 0. The Kier molecular flexibility index (Phi) is 4.66. The number of hydrogen-bond donors (Lipinski definition) is 3. The molecule has 8 heteroatoms. The number of aromatic amines is 1. The molecule has 24 heavy (non-hydrogen) atoms. The number of amidine groups is 1. The van der Waals surface area contributed by atoms with E-state index >= 15 is 0 Å². The summed E-state index contributed by atoms with van der Waals surface area (Å²) in [7, 11) is 0. The molecule has 0 aliphatic carbocycles. The van der Waals surface area contributed by atoms with Crippen LogP contribution in [0.1, 0.15) is 16.2 Å². The molecule has 3 heterocycles. The molecule has 0 saturated carbocycles. The molecule has 0 atom stereocenters. The molecular weight excluding hydrogens is 306 g/mol. The number of rotatable bonds is 6. The fourth-order valence-corrected chi connectivity index (χ4v) is 2.10. The molecular formula is C16H17N7O. The number of carbonyl (C=O) groups is 1. The zero-order valence-electron chi connectivity index (χ0n) is 12.9. The molecule has 0 saturated heterocycles. The number of hydrogen-bond acceptors (Lipinski definition) is 4. The van der Waals surface area contributed by atoms with Crippen LogP contribution in [-0.4, -0.2) is 37.8 Å². The van der Waals surface area contributed by atoms with E-state index in [2.05, 4.69) is 25.3 Å². The summed E-state index contributed by atoms with van der Waals surface area (Å²) in [6, 6.07) is 8.76. The largest absolute Gasteiger partial charge is 0.382 e. The second-order valence-electron chi connectivity index (χ2n) is 5.03. The van der Waals surface area contributed by atoms with Crippen molar-refractivity contribution in [2.45, 2.75) is 6.54 Å². The van der Waals surface area contributed by atoms with Crippen molar-refractivity contribution in [2.24, 2.45) is 10.7 Å². The van der Waals surface area contributed by atoms with Crippen LogP contribution in [0.3, 0.4) is 0 Å². The fourth-order valence-electron chi connectivity index (χ4n) is 2.10. The van der Waals surface area contributed by atoms with E-state index in [1.54, 1.807) is 43.0 Å². The minimum absolute atomic E-state index is 0.201. The van der Waals surface area contributed by atoms with Gasteiger partial charge in [-0.2, -0.15) is 0 Å². The SMILES string of the molecule is NC(=Nc1ccc(C(=O)NCCn2ccnc2)[nH]1)c1ccccn1. The average Bonchev–Trinajstić information content (AvgIpc) is 3.27. The minimum atomic E-state index is -0.201. The average molecular weight is 323 g/mol. The van der Waals surface area contributed by atoms with E-state index in [4.69, 9.17) is 5.73 Å². The van der Waals surface area contributed by atoms with Crippen LogP contribution in [0.15, 0.2) is 60.2 Å². The van der Waals surface area contributed by atoms with Gasteiger partial charge >= 0.3 is 0 Å². The lowest BCUT2D eigenvalue weighted by atomic mass is 10.3. The van der Waals surface area contributed by atoms with Crippen LogP contribution in [0.2, 0.25) is 0 Å². The number of amides is 1. The topological polar surface area (TPSA) is 114 Å². The zero-order valence-corrected chi connectivity index (χ0v) is 12.9. The van der Waals surface area contributed by atoms with E-state index in [0.29, 0.717) is 30.3 Å². The Balaban J connectivity index is 1.59. The molecule has 0 bridgehead atoms. The van der Waals surface area contributed by atoms with Gasteiger partial charge in [0.15, 0.2) is 5.84 Å². The summed E-state index contributed by atoms with van der Waals surface area (Å²) in [6.07, 6.45) is 6.89. The summed E-state index contributed by atoms with van der Waals surface area (Å²) in [5.41, 5.74) is 6.91. The van der Waals surface area contributed by atoms with Crippen molar-refractivity contribution >= 4 is 17.6 Å². The normalized spacial score (nSPS) is 11.4. The van der Waals surface area contributed by atoms with E-state index < -0.39 is 0 Å². The number of H-pyrrole nitrogens is 1. The van der Waals surface area contributed by atoms with Crippen LogP contribution in [0.25, 0.3) is 0 Å². The van der Waals surface area contributed by atoms with Gasteiger partial charge in [-0.3, -0.25) is 9.78 Å². The lowest BCUT2D eigenvalue weighted by Gasteiger charge is -2.04. The van der Waals surface area contributed by atoms with Gasteiger partial charge in [-0.15, -0.1) is 0 Å². The summed E-state index contributed by atoms with van der Waals surface area (Å²) in [5.74, 6) is 0.579. The van der Waals surface area contributed by atoms with Gasteiger partial charge in [0.2, 0.25) is 0 Å². The Labute approximate surface area is 138 Å². The maximum absolute atomic E-state index is 12.1. The number of pyridine rings is 1. The number of carbonyl (C=O) groups excluding carboxylic acids is 1. The highest BCUT2D eigenvalue weighted by molar-refractivity contribution is 5.97. The Morgan fingerprint density at radius 2 is 2.21 bits per heavy atom. The molecule has 3 rings (SSSR count). The molecule has 0 aliphatic rings. The quantitative estimate of drug-likeness (QED) is 0.465. The molecule has 0 unspecified atom stereocenters. The van der Waals surface area contributed by atoms with E-state index in [1.165, 1.54) is 0 Å². The monoisotopic (exact) mass is 323 g/mol. The van der Waals surface area contributed by atoms with Gasteiger partial charge < -0.3 is 20.6 Å². The second kappa shape index (κ2) is 7.23. The smallest absolute Gasteiger partial charge is 0.267 e. The highest BCUT2D eigenvalue weighted by Gasteiger charge is 2.08. The van der Waals surface area contributed by atoms with Gasteiger partial charge in [-0.25, -0.2) is 9.98 Å². The summed E-state index contributed by atoms with van der Waals surface area (Å²) in [4.78, 5) is 27.3. The van der Waals surface area contributed by atoms with Crippen molar-refractivity contribution in [3.63, 3.8) is 0 Å². The number of nitrogens with zero attached hydrogens (tertiary/aromatic N) is 4. The van der Waals surface area contributed by atoms with Gasteiger partial charge in [0.1, 0.15) is 17.2 Å². The molecule has 3 aromatic rings.